The molecule has 0 atom stereocenters. The van der Waals surface area contributed by atoms with Gasteiger partial charge in [-0.2, -0.15) is 0 Å². The van der Waals surface area contributed by atoms with Crippen LogP contribution in [0.25, 0.3) is 0 Å². The Labute approximate surface area is 108 Å². The van der Waals surface area contributed by atoms with Gasteiger partial charge in [-0.1, -0.05) is 13.0 Å². The van der Waals surface area contributed by atoms with E-state index in [1.54, 1.807) is 7.11 Å². The second-order valence-corrected chi connectivity index (χ2v) is 3.99. The minimum atomic E-state index is -0.175. The van der Waals surface area contributed by atoms with Crippen LogP contribution in [0.4, 0.5) is 5.69 Å². The average Bonchev–Trinajstić information content (AvgIpc) is 2.42. The van der Waals surface area contributed by atoms with E-state index in [1.807, 2.05) is 6.07 Å². The fourth-order valence-corrected chi connectivity index (χ4v) is 1.67. The van der Waals surface area contributed by atoms with Crippen molar-refractivity contribution in [1.29, 1.82) is 0 Å². The maximum absolute atomic E-state index is 11.0. The summed E-state index contributed by atoms with van der Waals surface area (Å²) in [5.74, 6) is 0.649. The molecule has 0 unspecified atom stereocenters. The largest absolute Gasteiger partial charge is 0.495 e. The average molecular weight is 251 g/mol. The van der Waals surface area contributed by atoms with Gasteiger partial charge < -0.3 is 14.8 Å². The van der Waals surface area contributed by atoms with E-state index in [0.717, 1.165) is 30.8 Å². The summed E-state index contributed by atoms with van der Waals surface area (Å²) in [6, 6.07) is 6.09. The van der Waals surface area contributed by atoms with Gasteiger partial charge in [0.05, 0.1) is 19.9 Å². The normalized spacial score (nSPS) is 9.94. The minimum absolute atomic E-state index is 0.175. The zero-order valence-corrected chi connectivity index (χ0v) is 11.3. The second-order valence-electron chi connectivity index (χ2n) is 3.99. The molecule has 4 nitrogen and oxygen atoms in total. The molecule has 0 aliphatic heterocycles. The Bertz CT molecular complexity index is 391. The molecular weight excluding hydrogens is 230 g/mol. The van der Waals surface area contributed by atoms with E-state index in [9.17, 15) is 4.79 Å². The number of carbonyl (C=O) groups excluding carboxylic acids is 1. The zero-order chi connectivity index (χ0) is 13.4. The lowest BCUT2D eigenvalue weighted by molar-refractivity contribution is -0.140. The van der Waals surface area contributed by atoms with Crippen molar-refractivity contribution in [3.8, 4) is 5.75 Å². The first-order valence-electron chi connectivity index (χ1n) is 6.18. The van der Waals surface area contributed by atoms with Crippen LogP contribution in [0.15, 0.2) is 18.2 Å². The van der Waals surface area contributed by atoms with E-state index < -0.39 is 0 Å². The summed E-state index contributed by atoms with van der Waals surface area (Å²) in [5, 5.41) is 3.29. The van der Waals surface area contributed by atoms with Crippen molar-refractivity contribution in [2.24, 2.45) is 0 Å². The van der Waals surface area contributed by atoms with Gasteiger partial charge in [0.1, 0.15) is 5.75 Å². The van der Waals surface area contributed by atoms with Gasteiger partial charge in [-0.05, 0) is 30.5 Å². The molecule has 100 valence electrons. The van der Waals surface area contributed by atoms with Crippen molar-refractivity contribution in [1.82, 2.24) is 0 Å². The van der Waals surface area contributed by atoms with E-state index in [2.05, 4.69) is 29.1 Å². The predicted octanol–water partition coefficient (Wildman–Crippen LogP) is 2.62. The number of hydrogen-bond donors (Lipinski definition) is 1. The molecule has 0 aromatic heterocycles. The third kappa shape index (κ3) is 4.28. The number of ether oxygens (including phenoxy) is 2. The molecule has 0 aliphatic rings. The van der Waals surface area contributed by atoms with E-state index in [0.29, 0.717) is 6.42 Å². The Morgan fingerprint density at radius 1 is 1.33 bits per heavy atom. The smallest absolute Gasteiger partial charge is 0.305 e. The first kappa shape index (κ1) is 14.4. The standard InChI is InChI=1S/C14H21NO3/c1-4-11-7-8-13(17-2)12(10-11)15-9-5-6-14(16)18-3/h7-8,10,15H,4-6,9H2,1-3H3. The van der Waals surface area contributed by atoms with Gasteiger partial charge in [-0.15, -0.1) is 0 Å². The molecule has 0 bridgehead atoms. The first-order valence-corrected chi connectivity index (χ1v) is 6.18. The van der Waals surface area contributed by atoms with Crippen LogP contribution in [-0.2, 0) is 16.0 Å². The minimum Gasteiger partial charge on any atom is -0.495 e. The van der Waals surface area contributed by atoms with Gasteiger partial charge >= 0.3 is 5.97 Å². The Balaban J connectivity index is 2.52. The molecule has 0 saturated heterocycles. The van der Waals surface area contributed by atoms with Crippen LogP contribution < -0.4 is 10.1 Å². The van der Waals surface area contributed by atoms with Crippen molar-refractivity contribution >= 4 is 11.7 Å². The van der Waals surface area contributed by atoms with Crippen LogP contribution in [-0.4, -0.2) is 26.7 Å². The van der Waals surface area contributed by atoms with E-state index in [4.69, 9.17) is 4.74 Å². The lowest BCUT2D eigenvalue weighted by Crippen LogP contribution is -2.07. The molecule has 0 amide bonds. The number of aryl methyl sites for hydroxylation is 1. The number of esters is 1. The van der Waals surface area contributed by atoms with Gasteiger partial charge in [0.2, 0.25) is 0 Å². The summed E-state index contributed by atoms with van der Waals surface area (Å²) in [6.45, 7) is 2.83. The van der Waals surface area contributed by atoms with Crippen molar-refractivity contribution in [2.75, 3.05) is 26.1 Å². The molecular formula is C14H21NO3. The summed E-state index contributed by atoms with van der Waals surface area (Å²) < 4.78 is 9.88. The van der Waals surface area contributed by atoms with E-state index in [1.165, 1.54) is 12.7 Å². The highest BCUT2D eigenvalue weighted by atomic mass is 16.5. The number of anilines is 1. The van der Waals surface area contributed by atoms with Crippen LogP contribution in [0.1, 0.15) is 25.3 Å². The molecule has 4 heteroatoms. The SMILES string of the molecule is CCc1ccc(OC)c(NCCCC(=O)OC)c1. The molecule has 1 N–H and O–H groups in total. The molecule has 0 heterocycles. The number of rotatable bonds is 7. The third-order valence-electron chi connectivity index (χ3n) is 2.77. The predicted molar refractivity (Wildman–Crippen MR) is 72.1 cm³/mol. The van der Waals surface area contributed by atoms with Gasteiger partial charge in [-0.25, -0.2) is 0 Å². The highest BCUT2D eigenvalue weighted by Crippen LogP contribution is 2.25. The summed E-state index contributed by atoms with van der Waals surface area (Å²) in [4.78, 5) is 11.0. The molecule has 1 rings (SSSR count). The van der Waals surface area contributed by atoms with E-state index in [-0.39, 0.29) is 5.97 Å². The molecule has 1 aromatic carbocycles. The fourth-order valence-electron chi connectivity index (χ4n) is 1.67. The van der Waals surface area contributed by atoms with E-state index >= 15 is 0 Å². The molecule has 18 heavy (non-hydrogen) atoms. The molecule has 0 fully saturated rings. The zero-order valence-electron chi connectivity index (χ0n) is 11.3. The molecule has 0 aliphatic carbocycles. The number of methoxy groups -OCH3 is 2. The van der Waals surface area contributed by atoms with Crippen LogP contribution in [0.2, 0.25) is 0 Å². The summed E-state index contributed by atoms with van der Waals surface area (Å²) >= 11 is 0. The number of carbonyl (C=O) groups is 1. The molecule has 0 spiro atoms. The van der Waals surface area contributed by atoms with Crippen LogP contribution in [0, 0.1) is 0 Å². The summed E-state index contributed by atoms with van der Waals surface area (Å²) in [6.07, 6.45) is 2.16. The van der Waals surface area contributed by atoms with Crippen molar-refractivity contribution in [3.05, 3.63) is 23.8 Å². The maximum atomic E-state index is 11.0. The lowest BCUT2D eigenvalue weighted by atomic mass is 10.1. The van der Waals surface area contributed by atoms with Crippen molar-refractivity contribution in [3.63, 3.8) is 0 Å². The molecule has 0 saturated carbocycles. The third-order valence-corrected chi connectivity index (χ3v) is 2.77. The maximum Gasteiger partial charge on any atom is 0.305 e. The highest BCUT2D eigenvalue weighted by molar-refractivity contribution is 5.69. The molecule has 0 radical (unpaired) electrons. The quantitative estimate of drug-likeness (QED) is 0.598. The number of hydrogen-bond acceptors (Lipinski definition) is 4. The van der Waals surface area contributed by atoms with Crippen molar-refractivity contribution in [2.45, 2.75) is 26.2 Å². The van der Waals surface area contributed by atoms with Crippen molar-refractivity contribution < 1.29 is 14.3 Å². The summed E-state index contributed by atoms with van der Waals surface area (Å²) in [5.41, 5.74) is 2.23. The monoisotopic (exact) mass is 251 g/mol. The Morgan fingerprint density at radius 3 is 2.72 bits per heavy atom. The Kier molecular flexibility index (Phi) is 6.05. The Morgan fingerprint density at radius 2 is 2.11 bits per heavy atom. The summed E-state index contributed by atoms with van der Waals surface area (Å²) in [7, 11) is 3.06. The second kappa shape index (κ2) is 7.58. The molecule has 1 aromatic rings. The fraction of sp³-hybridized carbons (Fsp3) is 0.500. The number of nitrogens with one attached hydrogen (secondary N) is 1. The van der Waals surface area contributed by atoms with Crippen LogP contribution in [0.3, 0.4) is 0 Å². The number of benzene rings is 1. The highest BCUT2D eigenvalue weighted by Gasteiger charge is 2.04. The van der Waals surface area contributed by atoms with Gasteiger partial charge in [0.25, 0.3) is 0 Å². The van der Waals surface area contributed by atoms with Crippen LogP contribution in [0.5, 0.6) is 5.75 Å². The van der Waals surface area contributed by atoms with Gasteiger partial charge in [0, 0.05) is 13.0 Å². The lowest BCUT2D eigenvalue weighted by Gasteiger charge is -2.12. The topological polar surface area (TPSA) is 47.6 Å². The Hall–Kier alpha value is -1.71. The first-order chi connectivity index (χ1) is 8.71. The van der Waals surface area contributed by atoms with Gasteiger partial charge in [-0.3, -0.25) is 4.79 Å². The van der Waals surface area contributed by atoms with Gasteiger partial charge in [0.15, 0.2) is 0 Å². The van der Waals surface area contributed by atoms with Crippen LogP contribution >= 0.6 is 0 Å².